The number of phenols is 2. The van der Waals surface area contributed by atoms with Gasteiger partial charge in [-0.1, -0.05) is 24.3 Å². The van der Waals surface area contributed by atoms with Gasteiger partial charge in [0.25, 0.3) is 0 Å². The number of phenolic OH excluding ortho intramolecular Hbond substituents is 2. The zero-order valence-electron chi connectivity index (χ0n) is 13.5. The van der Waals surface area contributed by atoms with Crippen LogP contribution in [0.2, 0.25) is 0 Å². The molecule has 5 N–H and O–H groups in total. The number of rotatable bonds is 2. The lowest BCUT2D eigenvalue weighted by Gasteiger charge is -2.10. The summed E-state index contributed by atoms with van der Waals surface area (Å²) in [5, 5.41) is 18.6. The number of benzene rings is 1. The molecule has 0 amide bonds. The van der Waals surface area contributed by atoms with Crippen LogP contribution in [0.15, 0.2) is 58.4 Å². The molecular formula is C17H17N5O3. The highest BCUT2D eigenvalue weighted by Crippen LogP contribution is 2.27. The van der Waals surface area contributed by atoms with Gasteiger partial charge in [-0.2, -0.15) is 9.97 Å². The number of nitrogen functional groups attached to an aromatic ring is 1. The number of aryl methyl sites for hydroxylation is 1. The van der Waals surface area contributed by atoms with Crippen molar-refractivity contribution in [2.75, 3.05) is 5.43 Å². The normalized spacial score (nSPS) is 13.8. The third-order valence-corrected chi connectivity index (χ3v) is 3.76. The number of allylic oxidation sites excluding steroid dienone is 6. The van der Waals surface area contributed by atoms with Gasteiger partial charge in [-0.3, -0.25) is 5.43 Å². The zero-order chi connectivity index (χ0) is 18.0. The maximum absolute atomic E-state index is 11.8. The van der Waals surface area contributed by atoms with Crippen molar-refractivity contribution in [3.8, 4) is 17.2 Å². The summed E-state index contributed by atoms with van der Waals surface area (Å²) in [4.78, 5) is 19.3. The predicted octanol–water partition coefficient (Wildman–Crippen LogP) is 1.45. The Bertz CT molecular complexity index is 953. The van der Waals surface area contributed by atoms with Crippen molar-refractivity contribution >= 4 is 5.95 Å². The molecule has 8 heteroatoms. The van der Waals surface area contributed by atoms with Crippen LogP contribution in [0.25, 0.3) is 5.69 Å². The zero-order valence-corrected chi connectivity index (χ0v) is 13.5. The molecule has 2 bridgehead atoms. The second-order valence-corrected chi connectivity index (χ2v) is 5.52. The number of hydrogen-bond donors (Lipinski definition) is 4. The standard InChI is InChI=1S/C10H11N5O3.C7H6/c1-5-12-9(14-11)13-10(18)15(5)6-2-3-7(16)8(17)4-6;1-2-7-4-3-6(1)5-7/h2-4,16-17H,11H2,1H3,(H,13,14,18);1-4H,5H2. The molecule has 1 aromatic heterocycles. The molecule has 8 nitrogen and oxygen atoms in total. The maximum atomic E-state index is 11.8. The van der Waals surface area contributed by atoms with Crippen molar-refractivity contribution < 1.29 is 10.2 Å². The number of anilines is 1. The smallest absolute Gasteiger partial charge is 0.356 e. The highest BCUT2D eigenvalue weighted by Gasteiger charge is 2.10. The molecule has 2 aromatic rings. The van der Waals surface area contributed by atoms with E-state index in [-0.39, 0.29) is 17.4 Å². The van der Waals surface area contributed by atoms with Crippen molar-refractivity contribution in [1.82, 2.24) is 14.5 Å². The number of aromatic hydroxyl groups is 2. The molecule has 0 fully saturated rings. The van der Waals surface area contributed by atoms with Crippen LogP contribution >= 0.6 is 0 Å². The fourth-order valence-electron chi connectivity index (χ4n) is 2.53. The minimum Gasteiger partial charge on any atom is -0.504 e. The van der Waals surface area contributed by atoms with Crippen LogP contribution in [0.3, 0.4) is 0 Å². The summed E-state index contributed by atoms with van der Waals surface area (Å²) in [6.07, 6.45) is 9.90. The molecule has 1 heterocycles. The lowest BCUT2D eigenvalue weighted by atomic mass is 10.2. The van der Waals surface area contributed by atoms with Gasteiger partial charge in [0.05, 0.1) is 5.69 Å². The van der Waals surface area contributed by atoms with Crippen molar-refractivity contribution in [2.45, 2.75) is 13.3 Å². The summed E-state index contributed by atoms with van der Waals surface area (Å²) in [6, 6.07) is 3.97. The van der Waals surface area contributed by atoms with Crippen molar-refractivity contribution in [2.24, 2.45) is 5.84 Å². The number of fused-ring (bicyclic) bond motifs is 2. The molecule has 128 valence electrons. The third-order valence-electron chi connectivity index (χ3n) is 3.76. The molecule has 0 radical (unpaired) electrons. The van der Waals surface area contributed by atoms with Crippen LogP contribution in [0.4, 0.5) is 5.95 Å². The Balaban J connectivity index is 0.000000213. The topological polar surface area (TPSA) is 126 Å². The monoisotopic (exact) mass is 339 g/mol. The number of hydrazine groups is 1. The number of nitrogens with zero attached hydrogens (tertiary/aromatic N) is 3. The molecule has 2 aliphatic carbocycles. The fraction of sp³-hybridized carbons (Fsp3) is 0.118. The van der Waals surface area contributed by atoms with Crippen LogP contribution in [0.1, 0.15) is 12.2 Å². The first kappa shape index (κ1) is 16.5. The van der Waals surface area contributed by atoms with Crippen LogP contribution in [-0.4, -0.2) is 24.7 Å². The van der Waals surface area contributed by atoms with E-state index in [1.54, 1.807) is 6.92 Å². The van der Waals surface area contributed by atoms with E-state index in [9.17, 15) is 15.0 Å². The average Bonchev–Trinajstić information content (AvgIpc) is 3.23. The summed E-state index contributed by atoms with van der Waals surface area (Å²) in [5.74, 6) is 4.87. The number of aromatic nitrogens is 3. The van der Waals surface area contributed by atoms with Gasteiger partial charge in [0.15, 0.2) is 11.5 Å². The molecule has 4 rings (SSSR count). The summed E-state index contributed by atoms with van der Waals surface area (Å²) >= 11 is 0. The average molecular weight is 339 g/mol. The van der Waals surface area contributed by atoms with Crippen molar-refractivity contribution in [3.63, 3.8) is 0 Å². The predicted molar refractivity (Wildman–Crippen MR) is 93.4 cm³/mol. The van der Waals surface area contributed by atoms with E-state index >= 15 is 0 Å². The lowest BCUT2D eigenvalue weighted by Crippen LogP contribution is -2.27. The SMILES string of the molecule is C1=CC2=CC=C1C2.Cc1nc(NN)nc(=O)n1-c1ccc(O)c(O)c1. The molecule has 1 aromatic carbocycles. The molecule has 0 saturated carbocycles. The van der Waals surface area contributed by atoms with Crippen LogP contribution < -0.4 is 17.0 Å². The Labute approximate surface area is 143 Å². The summed E-state index contributed by atoms with van der Waals surface area (Å²) in [6.45, 7) is 1.59. The van der Waals surface area contributed by atoms with Gasteiger partial charge in [0.2, 0.25) is 5.95 Å². The molecule has 0 spiro atoms. The van der Waals surface area contributed by atoms with Crippen LogP contribution in [-0.2, 0) is 0 Å². The summed E-state index contributed by atoms with van der Waals surface area (Å²) in [5.41, 5.74) is 4.87. The van der Waals surface area contributed by atoms with E-state index in [0.717, 1.165) is 0 Å². The second kappa shape index (κ2) is 6.62. The molecule has 0 unspecified atom stereocenters. The van der Waals surface area contributed by atoms with Gasteiger partial charge in [0.1, 0.15) is 5.82 Å². The second-order valence-electron chi connectivity index (χ2n) is 5.52. The number of nitrogens with one attached hydrogen (secondary N) is 1. The molecular weight excluding hydrogens is 322 g/mol. The first-order chi connectivity index (χ1) is 12.0. The molecule has 25 heavy (non-hydrogen) atoms. The van der Waals surface area contributed by atoms with Crippen LogP contribution in [0.5, 0.6) is 11.5 Å². The molecule has 0 aliphatic heterocycles. The summed E-state index contributed by atoms with van der Waals surface area (Å²) < 4.78 is 1.18. The van der Waals surface area contributed by atoms with Gasteiger partial charge >= 0.3 is 5.69 Å². The lowest BCUT2D eigenvalue weighted by molar-refractivity contribution is 0.403. The maximum Gasteiger partial charge on any atom is 0.356 e. The molecule has 2 aliphatic rings. The minimum absolute atomic E-state index is 0.0109. The Morgan fingerprint density at radius 1 is 1.12 bits per heavy atom. The van der Waals surface area contributed by atoms with Crippen molar-refractivity contribution in [3.05, 3.63) is 70.0 Å². The van der Waals surface area contributed by atoms with Crippen LogP contribution in [0, 0.1) is 6.92 Å². The Morgan fingerprint density at radius 3 is 2.24 bits per heavy atom. The summed E-state index contributed by atoms with van der Waals surface area (Å²) in [7, 11) is 0. The van der Waals surface area contributed by atoms with E-state index in [2.05, 4.69) is 39.7 Å². The molecule has 0 saturated heterocycles. The number of nitrogens with two attached hydrogens (primary N) is 1. The highest BCUT2D eigenvalue weighted by atomic mass is 16.3. The van der Waals surface area contributed by atoms with Gasteiger partial charge in [-0.05, 0) is 36.6 Å². The third kappa shape index (κ3) is 3.43. The van der Waals surface area contributed by atoms with E-state index in [0.29, 0.717) is 11.5 Å². The Hall–Kier alpha value is -3.39. The largest absolute Gasteiger partial charge is 0.504 e. The first-order valence-electron chi connectivity index (χ1n) is 7.52. The van der Waals surface area contributed by atoms with E-state index in [1.807, 2.05) is 0 Å². The molecule has 0 atom stereocenters. The van der Waals surface area contributed by atoms with E-state index in [1.165, 1.54) is 40.3 Å². The first-order valence-corrected chi connectivity index (χ1v) is 7.52. The van der Waals surface area contributed by atoms with Gasteiger partial charge in [-0.25, -0.2) is 15.2 Å². The Morgan fingerprint density at radius 2 is 1.80 bits per heavy atom. The van der Waals surface area contributed by atoms with Gasteiger partial charge in [0, 0.05) is 6.07 Å². The quantitative estimate of drug-likeness (QED) is 0.370. The Kier molecular flexibility index (Phi) is 4.36. The fourth-order valence-corrected chi connectivity index (χ4v) is 2.53. The van der Waals surface area contributed by atoms with E-state index < -0.39 is 5.69 Å². The number of hydrogen-bond acceptors (Lipinski definition) is 7. The van der Waals surface area contributed by atoms with Gasteiger partial charge in [-0.15, -0.1) is 0 Å². The minimum atomic E-state index is -0.597. The highest BCUT2D eigenvalue weighted by molar-refractivity contribution is 5.49. The van der Waals surface area contributed by atoms with E-state index in [4.69, 9.17) is 5.84 Å². The van der Waals surface area contributed by atoms with Crippen molar-refractivity contribution in [1.29, 1.82) is 0 Å². The van der Waals surface area contributed by atoms with Gasteiger partial charge < -0.3 is 10.2 Å².